The first-order chi connectivity index (χ1) is 10.2. The minimum atomic E-state index is 0.321. The number of hydrogen-bond donors (Lipinski definition) is 1. The fourth-order valence-electron chi connectivity index (χ4n) is 3.08. The van der Waals surface area contributed by atoms with Crippen LogP contribution in [0.3, 0.4) is 0 Å². The van der Waals surface area contributed by atoms with Crippen molar-refractivity contribution in [2.24, 2.45) is 5.92 Å². The summed E-state index contributed by atoms with van der Waals surface area (Å²) < 4.78 is 0. The number of amides is 1. The zero-order valence-corrected chi connectivity index (χ0v) is 13.3. The van der Waals surface area contributed by atoms with Gasteiger partial charge < -0.3 is 10.2 Å². The minimum absolute atomic E-state index is 0.321. The lowest BCUT2D eigenvalue weighted by atomic mass is 9.91. The highest BCUT2D eigenvalue weighted by Crippen LogP contribution is 2.21. The number of piperidine rings is 1. The maximum absolute atomic E-state index is 12.2. The Kier molecular flexibility index (Phi) is 6.24. The largest absolute Gasteiger partial charge is 0.341 e. The Labute approximate surface area is 128 Å². The molecule has 0 aromatic heterocycles. The van der Waals surface area contributed by atoms with E-state index in [1.165, 1.54) is 12.0 Å². The van der Waals surface area contributed by atoms with E-state index in [9.17, 15) is 4.79 Å². The van der Waals surface area contributed by atoms with Gasteiger partial charge in [0.1, 0.15) is 0 Å². The molecule has 2 unspecified atom stereocenters. The van der Waals surface area contributed by atoms with Gasteiger partial charge in [0.15, 0.2) is 0 Å². The summed E-state index contributed by atoms with van der Waals surface area (Å²) in [6.07, 6.45) is 3.95. The van der Waals surface area contributed by atoms with Gasteiger partial charge in [0, 0.05) is 32.1 Å². The molecule has 1 heterocycles. The van der Waals surface area contributed by atoms with Crippen molar-refractivity contribution in [1.29, 1.82) is 0 Å². The lowest BCUT2D eigenvalue weighted by molar-refractivity contribution is -0.133. The summed E-state index contributed by atoms with van der Waals surface area (Å²) in [5.41, 5.74) is 1.31. The Morgan fingerprint density at radius 1 is 1.24 bits per heavy atom. The van der Waals surface area contributed by atoms with Crippen molar-refractivity contribution in [3.63, 3.8) is 0 Å². The van der Waals surface area contributed by atoms with Crippen LogP contribution in [0, 0.1) is 5.92 Å². The average molecular weight is 288 g/mol. The van der Waals surface area contributed by atoms with Gasteiger partial charge in [-0.05, 0) is 24.3 Å². The molecule has 2 rings (SSSR count). The minimum Gasteiger partial charge on any atom is -0.341 e. The second-order valence-corrected chi connectivity index (χ2v) is 6.12. The zero-order valence-electron chi connectivity index (χ0n) is 13.3. The molecule has 1 aliphatic heterocycles. The summed E-state index contributed by atoms with van der Waals surface area (Å²) in [6, 6.07) is 10.9. The van der Waals surface area contributed by atoms with Gasteiger partial charge in [-0.25, -0.2) is 0 Å². The first-order valence-corrected chi connectivity index (χ1v) is 8.28. The van der Waals surface area contributed by atoms with E-state index in [4.69, 9.17) is 0 Å². The summed E-state index contributed by atoms with van der Waals surface area (Å²) in [5, 5.41) is 3.64. The molecule has 0 bridgehead atoms. The van der Waals surface area contributed by atoms with Gasteiger partial charge in [-0.15, -0.1) is 0 Å². The normalized spacial score (nSPS) is 22.3. The molecule has 2 atom stereocenters. The van der Waals surface area contributed by atoms with Crippen LogP contribution in [0.2, 0.25) is 0 Å². The maximum Gasteiger partial charge on any atom is 0.222 e. The quantitative estimate of drug-likeness (QED) is 0.872. The first-order valence-electron chi connectivity index (χ1n) is 8.28. The van der Waals surface area contributed by atoms with Crippen LogP contribution in [0.25, 0.3) is 0 Å². The number of likely N-dealkylation sites (tertiary alicyclic amines) is 1. The predicted molar refractivity (Wildman–Crippen MR) is 87.0 cm³/mol. The summed E-state index contributed by atoms with van der Waals surface area (Å²) >= 11 is 0. The van der Waals surface area contributed by atoms with Crippen molar-refractivity contribution in [3.8, 4) is 0 Å². The highest BCUT2D eigenvalue weighted by Gasteiger charge is 2.28. The van der Waals surface area contributed by atoms with Crippen LogP contribution >= 0.6 is 0 Å². The van der Waals surface area contributed by atoms with Gasteiger partial charge in [0.05, 0.1) is 0 Å². The third kappa shape index (κ3) is 4.85. The summed E-state index contributed by atoms with van der Waals surface area (Å²) in [4.78, 5) is 14.3. The van der Waals surface area contributed by atoms with Crippen molar-refractivity contribution >= 4 is 5.91 Å². The number of hydrogen-bond acceptors (Lipinski definition) is 2. The Hall–Kier alpha value is -1.35. The third-order valence-corrected chi connectivity index (χ3v) is 4.37. The molecule has 1 N–H and O–H groups in total. The number of carbonyl (C=O) groups is 1. The van der Waals surface area contributed by atoms with Gasteiger partial charge in [0.25, 0.3) is 0 Å². The van der Waals surface area contributed by atoms with E-state index in [0.29, 0.717) is 24.3 Å². The highest BCUT2D eigenvalue weighted by molar-refractivity contribution is 5.76. The van der Waals surface area contributed by atoms with E-state index in [0.717, 1.165) is 32.5 Å². The van der Waals surface area contributed by atoms with E-state index >= 15 is 0 Å². The zero-order chi connectivity index (χ0) is 15.1. The topological polar surface area (TPSA) is 32.3 Å². The molecular formula is C18H28N2O. The number of carbonyl (C=O) groups excluding carboxylic acids is 1. The monoisotopic (exact) mass is 288 g/mol. The molecule has 0 saturated carbocycles. The van der Waals surface area contributed by atoms with Crippen LogP contribution in [-0.2, 0) is 11.3 Å². The molecule has 21 heavy (non-hydrogen) atoms. The molecule has 0 radical (unpaired) electrons. The molecule has 1 aromatic rings. The van der Waals surface area contributed by atoms with Crippen LogP contribution in [0.5, 0.6) is 0 Å². The van der Waals surface area contributed by atoms with Crippen LogP contribution in [0.4, 0.5) is 0 Å². The third-order valence-electron chi connectivity index (χ3n) is 4.37. The van der Waals surface area contributed by atoms with Crippen LogP contribution in [0.1, 0.15) is 45.1 Å². The Morgan fingerprint density at radius 2 is 2.00 bits per heavy atom. The molecule has 0 aliphatic carbocycles. The van der Waals surface area contributed by atoms with Crippen LogP contribution < -0.4 is 5.32 Å². The van der Waals surface area contributed by atoms with Crippen molar-refractivity contribution in [2.45, 2.75) is 52.1 Å². The second kappa shape index (κ2) is 8.18. The molecule has 1 saturated heterocycles. The number of nitrogens with zero attached hydrogens (tertiary/aromatic N) is 1. The second-order valence-electron chi connectivity index (χ2n) is 6.12. The standard InChI is InChI=1S/C18H28N2O/c1-3-8-18(21)20-13-15(4-2)11-17(14-20)19-12-16-9-6-5-7-10-16/h5-7,9-10,15,17,19H,3-4,8,11-14H2,1-2H3. The molecular weight excluding hydrogens is 260 g/mol. The first kappa shape index (κ1) is 16.0. The molecule has 1 aromatic carbocycles. The fraction of sp³-hybridized carbons (Fsp3) is 0.611. The number of benzene rings is 1. The van der Waals surface area contributed by atoms with Crippen molar-refractivity contribution < 1.29 is 4.79 Å². The lowest BCUT2D eigenvalue weighted by Crippen LogP contribution is -2.51. The molecule has 3 nitrogen and oxygen atoms in total. The van der Waals surface area contributed by atoms with Crippen LogP contribution in [0.15, 0.2) is 30.3 Å². The van der Waals surface area contributed by atoms with E-state index in [1.54, 1.807) is 0 Å². The molecule has 1 aliphatic rings. The van der Waals surface area contributed by atoms with Gasteiger partial charge >= 0.3 is 0 Å². The van der Waals surface area contributed by atoms with E-state index < -0.39 is 0 Å². The SMILES string of the molecule is CCCC(=O)N1CC(CC)CC(NCc2ccccc2)C1. The summed E-state index contributed by atoms with van der Waals surface area (Å²) in [7, 11) is 0. The Balaban J connectivity index is 1.90. The smallest absolute Gasteiger partial charge is 0.222 e. The molecule has 3 heteroatoms. The molecule has 0 spiro atoms. The fourth-order valence-corrected chi connectivity index (χ4v) is 3.08. The van der Waals surface area contributed by atoms with Gasteiger partial charge in [-0.3, -0.25) is 4.79 Å². The molecule has 1 amide bonds. The van der Waals surface area contributed by atoms with Crippen LogP contribution in [-0.4, -0.2) is 29.9 Å². The van der Waals surface area contributed by atoms with Crippen molar-refractivity contribution in [1.82, 2.24) is 10.2 Å². The summed E-state index contributed by atoms with van der Waals surface area (Å²) in [5.74, 6) is 0.954. The average Bonchev–Trinajstić information content (AvgIpc) is 2.54. The molecule has 1 fully saturated rings. The number of rotatable bonds is 6. The Morgan fingerprint density at radius 3 is 2.67 bits per heavy atom. The van der Waals surface area contributed by atoms with Gasteiger partial charge in [-0.2, -0.15) is 0 Å². The van der Waals surface area contributed by atoms with Crippen molar-refractivity contribution in [2.75, 3.05) is 13.1 Å². The summed E-state index contributed by atoms with van der Waals surface area (Å²) in [6.45, 7) is 7.00. The van der Waals surface area contributed by atoms with Gasteiger partial charge in [-0.1, -0.05) is 50.6 Å². The maximum atomic E-state index is 12.2. The highest BCUT2D eigenvalue weighted by atomic mass is 16.2. The van der Waals surface area contributed by atoms with Crippen molar-refractivity contribution in [3.05, 3.63) is 35.9 Å². The van der Waals surface area contributed by atoms with E-state index in [2.05, 4.69) is 48.3 Å². The van der Waals surface area contributed by atoms with E-state index in [-0.39, 0.29) is 0 Å². The number of nitrogens with one attached hydrogen (secondary N) is 1. The Bertz CT molecular complexity index is 432. The lowest BCUT2D eigenvalue weighted by Gasteiger charge is -2.38. The van der Waals surface area contributed by atoms with E-state index in [1.807, 2.05) is 6.07 Å². The van der Waals surface area contributed by atoms with Gasteiger partial charge in [0.2, 0.25) is 5.91 Å². The predicted octanol–water partition coefficient (Wildman–Crippen LogP) is 3.20. The molecule has 116 valence electrons.